The van der Waals surface area contributed by atoms with E-state index in [0.717, 1.165) is 19.1 Å². The summed E-state index contributed by atoms with van der Waals surface area (Å²) in [5.41, 5.74) is 7.37. The lowest BCUT2D eigenvalue weighted by molar-refractivity contribution is 1.35. The lowest BCUT2D eigenvalue weighted by atomic mass is 10.3. The van der Waals surface area contributed by atoms with Crippen LogP contribution in [-0.2, 0) is 0 Å². The Morgan fingerprint density at radius 3 is 3.00 bits per heavy atom. The molecule has 2 aromatic rings. The van der Waals surface area contributed by atoms with Crippen molar-refractivity contribution in [2.24, 2.45) is 0 Å². The summed E-state index contributed by atoms with van der Waals surface area (Å²) >= 11 is 5.69. The predicted molar refractivity (Wildman–Crippen MR) is 60.9 cm³/mol. The molecule has 0 amide bonds. The van der Waals surface area contributed by atoms with Crippen LogP contribution in [0.15, 0.2) is 16.6 Å². The van der Waals surface area contributed by atoms with Gasteiger partial charge in [0.1, 0.15) is 5.52 Å². The molecule has 12 heavy (non-hydrogen) atoms. The number of nitrogens with zero attached hydrogens (tertiary/aromatic N) is 1. The van der Waals surface area contributed by atoms with Crippen LogP contribution >= 0.6 is 38.5 Å². The van der Waals surface area contributed by atoms with Crippen LogP contribution in [-0.4, -0.2) is 9.97 Å². The Morgan fingerprint density at radius 1 is 1.50 bits per heavy atom. The molecule has 0 saturated heterocycles. The third kappa shape index (κ3) is 1.20. The van der Waals surface area contributed by atoms with Gasteiger partial charge in [0.15, 0.2) is 5.95 Å². The number of halogens is 2. The number of aromatic nitrogens is 2. The second kappa shape index (κ2) is 2.88. The van der Waals surface area contributed by atoms with Crippen LogP contribution in [0.3, 0.4) is 0 Å². The molecule has 0 atom stereocenters. The Bertz CT molecular complexity index is 437. The fourth-order valence-electron chi connectivity index (χ4n) is 1.04. The average Bonchev–Trinajstić information content (AvgIpc) is 2.39. The Kier molecular flexibility index (Phi) is 1.99. The number of imidazole rings is 1. The van der Waals surface area contributed by atoms with Gasteiger partial charge in [-0.3, -0.25) is 0 Å². The van der Waals surface area contributed by atoms with Gasteiger partial charge in [-0.25, -0.2) is 4.98 Å². The van der Waals surface area contributed by atoms with Crippen LogP contribution in [0.25, 0.3) is 11.0 Å². The van der Waals surface area contributed by atoms with Crippen molar-refractivity contribution in [1.82, 2.24) is 9.97 Å². The van der Waals surface area contributed by atoms with E-state index < -0.39 is 0 Å². The molecule has 1 heterocycles. The van der Waals surface area contributed by atoms with Crippen molar-refractivity contribution < 1.29 is 0 Å². The largest absolute Gasteiger partial charge is 0.369 e. The van der Waals surface area contributed by atoms with Crippen molar-refractivity contribution in [3.8, 4) is 0 Å². The van der Waals surface area contributed by atoms with Gasteiger partial charge in [-0.15, -0.1) is 0 Å². The van der Waals surface area contributed by atoms with Crippen molar-refractivity contribution in [1.29, 1.82) is 0 Å². The first kappa shape index (κ1) is 8.31. The molecular weight excluding hydrogens is 333 g/mol. The van der Waals surface area contributed by atoms with Gasteiger partial charge >= 0.3 is 0 Å². The van der Waals surface area contributed by atoms with E-state index >= 15 is 0 Å². The number of fused-ring (bicyclic) bond motifs is 1. The number of anilines is 1. The molecule has 0 radical (unpaired) electrons. The minimum Gasteiger partial charge on any atom is -0.369 e. The first-order valence-electron chi connectivity index (χ1n) is 3.27. The minimum atomic E-state index is 0.452. The molecule has 0 spiro atoms. The highest BCUT2D eigenvalue weighted by molar-refractivity contribution is 14.1. The molecule has 0 aliphatic carbocycles. The second-order valence-electron chi connectivity index (χ2n) is 2.38. The van der Waals surface area contributed by atoms with Crippen LogP contribution in [0.5, 0.6) is 0 Å². The number of rotatable bonds is 0. The van der Waals surface area contributed by atoms with E-state index in [1.54, 1.807) is 0 Å². The van der Waals surface area contributed by atoms with Crippen molar-refractivity contribution in [3.05, 3.63) is 20.2 Å². The van der Waals surface area contributed by atoms with Crippen LogP contribution in [0.2, 0.25) is 0 Å². The van der Waals surface area contributed by atoms with Crippen molar-refractivity contribution >= 4 is 55.5 Å². The summed E-state index contributed by atoms with van der Waals surface area (Å²) in [6.07, 6.45) is 0. The first-order valence-corrected chi connectivity index (χ1v) is 5.15. The van der Waals surface area contributed by atoms with Gasteiger partial charge in [0.25, 0.3) is 0 Å². The van der Waals surface area contributed by atoms with Crippen molar-refractivity contribution in [2.75, 3.05) is 5.73 Å². The van der Waals surface area contributed by atoms with E-state index in [1.807, 2.05) is 12.1 Å². The van der Waals surface area contributed by atoms with Crippen molar-refractivity contribution in [3.63, 3.8) is 0 Å². The number of hydrogen-bond acceptors (Lipinski definition) is 2. The topological polar surface area (TPSA) is 54.7 Å². The fraction of sp³-hybridized carbons (Fsp3) is 0. The lowest BCUT2D eigenvalue weighted by Crippen LogP contribution is -1.84. The highest BCUT2D eigenvalue weighted by Crippen LogP contribution is 2.27. The highest BCUT2D eigenvalue weighted by atomic mass is 127. The Balaban J connectivity index is 2.89. The number of hydrogen-bond donors (Lipinski definition) is 2. The number of nitrogens with one attached hydrogen (secondary N) is 1. The summed E-state index contributed by atoms with van der Waals surface area (Å²) in [5, 5.41) is 0. The smallest absolute Gasteiger partial charge is 0.198 e. The Hall–Kier alpha value is -0.300. The van der Waals surface area contributed by atoms with Gasteiger partial charge in [-0.05, 0) is 50.7 Å². The summed E-state index contributed by atoms with van der Waals surface area (Å²) < 4.78 is 2.13. The van der Waals surface area contributed by atoms with E-state index in [9.17, 15) is 0 Å². The lowest BCUT2D eigenvalue weighted by Gasteiger charge is -1.94. The van der Waals surface area contributed by atoms with Crippen LogP contribution in [0.1, 0.15) is 0 Å². The highest BCUT2D eigenvalue weighted by Gasteiger charge is 2.06. The molecular formula is C7H5BrIN3. The van der Waals surface area contributed by atoms with E-state index in [1.165, 1.54) is 0 Å². The third-order valence-electron chi connectivity index (χ3n) is 1.56. The molecule has 0 fully saturated rings. The zero-order valence-corrected chi connectivity index (χ0v) is 9.68. The quantitative estimate of drug-likeness (QED) is 0.726. The molecule has 2 rings (SSSR count). The van der Waals surface area contributed by atoms with E-state index in [-0.39, 0.29) is 0 Å². The summed E-state index contributed by atoms with van der Waals surface area (Å²) in [4.78, 5) is 7.10. The monoisotopic (exact) mass is 337 g/mol. The van der Waals surface area contributed by atoms with Crippen LogP contribution in [0.4, 0.5) is 5.95 Å². The molecule has 0 saturated carbocycles. The summed E-state index contributed by atoms with van der Waals surface area (Å²) in [6, 6.07) is 3.97. The van der Waals surface area contributed by atoms with Gasteiger partial charge in [-0.2, -0.15) is 0 Å². The average molecular weight is 338 g/mol. The second-order valence-corrected chi connectivity index (χ2v) is 4.33. The molecule has 0 bridgehead atoms. The normalized spacial score (nSPS) is 10.8. The van der Waals surface area contributed by atoms with Crippen LogP contribution in [0, 0.1) is 3.57 Å². The van der Waals surface area contributed by atoms with Gasteiger partial charge < -0.3 is 10.7 Å². The van der Waals surface area contributed by atoms with Gasteiger partial charge in [-0.1, -0.05) is 0 Å². The maximum Gasteiger partial charge on any atom is 0.198 e. The van der Waals surface area contributed by atoms with Gasteiger partial charge in [0.2, 0.25) is 0 Å². The summed E-state index contributed by atoms with van der Waals surface area (Å²) in [6.45, 7) is 0. The molecule has 3 nitrogen and oxygen atoms in total. The maximum atomic E-state index is 5.52. The predicted octanol–water partition coefficient (Wildman–Crippen LogP) is 2.51. The first-order chi connectivity index (χ1) is 5.68. The molecule has 5 heteroatoms. The number of aromatic amines is 1. The minimum absolute atomic E-state index is 0.452. The number of H-pyrrole nitrogens is 1. The molecule has 3 N–H and O–H groups in total. The zero-order valence-electron chi connectivity index (χ0n) is 5.94. The van der Waals surface area contributed by atoms with E-state index in [2.05, 4.69) is 48.5 Å². The van der Waals surface area contributed by atoms with Gasteiger partial charge in [0.05, 0.1) is 9.99 Å². The summed E-state index contributed by atoms with van der Waals surface area (Å²) in [7, 11) is 0. The molecule has 0 aliphatic heterocycles. The van der Waals surface area contributed by atoms with E-state index in [0.29, 0.717) is 5.95 Å². The molecule has 62 valence electrons. The number of nitrogens with two attached hydrogens (primary N) is 1. The standard InChI is InChI=1S/C7H5BrIN3/c8-5-3(9)1-2-4-6(5)12-7(10)11-4/h1-2H,(H3,10,11,12). The zero-order chi connectivity index (χ0) is 8.72. The number of nitrogen functional groups attached to an aromatic ring is 1. The van der Waals surface area contributed by atoms with E-state index in [4.69, 9.17) is 5.73 Å². The molecule has 0 unspecified atom stereocenters. The third-order valence-corrected chi connectivity index (χ3v) is 4.01. The van der Waals surface area contributed by atoms with Crippen molar-refractivity contribution in [2.45, 2.75) is 0 Å². The maximum absolute atomic E-state index is 5.52. The molecule has 1 aromatic carbocycles. The number of benzene rings is 1. The van der Waals surface area contributed by atoms with Crippen LogP contribution < -0.4 is 5.73 Å². The molecule has 0 aliphatic rings. The molecule has 1 aromatic heterocycles. The SMILES string of the molecule is Nc1nc2c(Br)c(I)ccc2[nH]1. The summed E-state index contributed by atoms with van der Waals surface area (Å²) in [5.74, 6) is 0.452. The van der Waals surface area contributed by atoms with Gasteiger partial charge in [0, 0.05) is 3.57 Å². The Labute approximate surface area is 91.0 Å². The fourth-order valence-corrected chi connectivity index (χ4v) is 1.91. The Morgan fingerprint density at radius 2 is 2.25 bits per heavy atom.